The third kappa shape index (κ3) is 8.06. The molecule has 0 saturated heterocycles. The Hall–Kier alpha value is -0.800. The van der Waals surface area contributed by atoms with Crippen LogP contribution in [0.1, 0.15) is 5.56 Å². The number of halogens is 1. The topological polar surface area (TPSA) is 95.2 Å². The molecule has 0 N–H and O–H groups in total. The molecule has 19 heavy (non-hydrogen) atoms. The van der Waals surface area contributed by atoms with Crippen LogP contribution in [0.5, 0.6) is 0 Å². The molecule has 0 spiro atoms. The van der Waals surface area contributed by atoms with Crippen LogP contribution in [0, 0.1) is 10.2 Å². The van der Waals surface area contributed by atoms with Crippen molar-refractivity contribution in [2.24, 2.45) is 0 Å². The molecule has 1 heterocycles. The molecule has 0 amide bonds. The molecule has 0 fully saturated rings. The van der Waals surface area contributed by atoms with E-state index in [1.165, 1.54) is 9.55 Å². The van der Waals surface area contributed by atoms with Crippen molar-refractivity contribution in [3.8, 4) is 0 Å². The minimum atomic E-state index is -4.94. The fourth-order valence-corrected chi connectivity index (χ4v) is 3.02. The van der Waals surface area contributed by atoms with Gasteiger partial charge in [0.2, 0.25) is 0 Å². The van der Waals surface area contributed by atoms with Crippen LogP contribution in [0.15, 0.2) is 41.1 Å². The molecule has 0 aliphatic heterocycles. The smallest absolute Gasteiger partial charge is 0.222 e. The van der Waals surface area contributed by atoms with Crippen LogP contribution in [-0.4, -0.2) is 7.05 Å². The first-order chi connectivity index (χ1) is 8.86. The second-order valence-corrected chi connectivity index (χ2v) is 6.30. The highest BCUT2D eigenvalue weighted by molar-refractivity contribution is 7.24. The van der Waals surface area contributed by atoms with E-state index in [-0.39, 0.29) is 0 Å². The van der Waals surface area contributed by atoms with Gasteiger partial charge in [0.25, 0.3) is 0 Å². The van der Waals surface area contributed by atoms with Gasteiger partial charge in [0, 0.05) is 16.3 Å². The number of nitrogens with zero attached hydrogens (tertiary/aromatic N) is 1. The molecule has 2 rings (SSSR count). The van der Waals surface area contributed by atoms with Crippen molar-refractivity contribution in [2.75, 3.05) is 7.05 Å². The number of benzene rings is 1. The van der Waals surface area contributed by atoms with Gasteiger partial charge < -0.3 is 0 Å². The van der Waals surface area contributed by atoms with E-state index in [4.69, 9.17) is 18.6 Å². The van der Waals surface area contributed by atoms with Crippen LogP contribution in [0.3, 0.4) is 0 Å². The normalized spacial score (nSPS) is 10.6. The zero-order valence-electron chi connectivity index (χ0n) is 10.0. The SMILES string of the molecule is C[N+](Cc1ccccc1)=c1sccs1.[O-][Cl+3]([O-])([O-])[O-]. The Labute approximate surface area is 120 Å². The van der Waals surface area contributed by atoms with Crippen LogP contribution in [0.2, 0.25) is 0 Å². The molecule has 2 aromatic rings. The van der Waals surface area contributed by atoms with Crippen molar-refractivity contribution in [1.29, 1.82) is 0 Å². The lowest BCUT2D eigenvalue weighted by molar-refractivity contribution is -2.00. The average Bonchev–Trinajstić information content (AvgIpc) is 2.81. The summed E-state index contributed by atoms with van der Waals surface area (Å²) in [6.45, 7) is 0.984. The summed E-state index contributed by atoms with van der Waals surface area (Å²) in [5, 5.41) is 4.25. The van der Waals surface area contributed by atoms with Crippen LogP contribution < -0.4 is 27.2 Å². The molecule has 0 bridgehead atoms. The molecule has 8 heteroatoms. The molecule has 0 radical (unpaired) electrons. The first-order valence-corrected chi connectivity index (χ1v) is 8.08. The molecule has 5 nitrogen and oxygen atoms in total. The average molecular weight is 322 g/mol. The van der Waals surface area contributed by atoms with Gasteiger partial charge in [-0.2, -0.15) is 0 Å². The lowest BCUT2D eigenvalue weighted by Gasteiger charge is -2.17. The van der Waals surface area contributed by atoms with Crippen LogP contribution in [0.25, 0.3) is 0 Å². The summed E-state index contributed by atoms with van der Waals surface area (Å²) >= 11 is 3.59. The third-order valence-electron chi connectivity index (χ3n) is 1.97. The summed E-state index contributed by atoms with van der Waals surface area (Å²) in [6.07, 6.45) is 0. The third-order valence-corrected chi connectivity index (χ3v) is 4.29. The Kier molecular flexibility index (Phi) is 6.59. The van der Waals surface area contributed by atoms with Gasteiger partial charge in [-0.25, -0.2) is 23.2 Å². The molecular weight excluding hydrogens is 310 g/mol. The molecular formula is C11H12ClNO4S2. The first-order valence-electron chi connectivity index (χ1n) is 5.08. The first kappa shape index (κ1) is 16.3. The van der Waals surface area contributed by atoms with Crippen molar-refractivity contribution < 1.29 is 28.9 Å². The minimum Gasteiger partial charge on any atom is -0.222 e. The standard InChI is InChI=1S/C11H12NS2.ClHO4/c1-12(11-13-7-8-14-11)9-10-5-3-2-4-6-10;2-1(3,4)5/h2-8H,9H2,1H3;(H,2,3,4,5)/q+1;/p-1. The Balaban J connectivity index is 0.000000312. The second-order valence-electron chi connectivity index (χ2n) is 3.49. The Morgan fingerprint density at radius 3 is 1.95 bits per heavy atom. The molecule has 0 aliphatic carbocycles. The van der Waals surface area contributed by atoms with E-state index in [9.17, 15) is 0 Å². The van der Waals surface area contributed by atoms with E-state index >= 15 is 0 Å². The number of hydrogen-bond donors (Lipinski definition) is 0. The van der Waals surface area contributed by atoms with Gasteiger partial charge in [-0.05, 0) is 0 Å². The fraction of sp³-hybridized carbons (Fsp3) is 0.182. The highest BCUT2D eigenvalue weighted by atomic mass is 35.7. The fourth-order valence-electron chi connectivity index (χ4n) is 1.30. The van der Waals surface area contributed by atoms with Crippen molar-refractivity contribution >= 4 is 22.7 Å². The largest absolute Gasteiger partial charge is 0.313 e. The predicted octanol–water partition coefficient (Wildman–Crippen LogP) is -2.34. The molecule has 1 aromatic carbocycles. The molecule has 0 atom stereocenters. The summed E-state index contributed by atoms with van der Waals surface area (Å²) in [5.41, 5.74) is 1.36. The van der Waals surface area contributed by atoms with E-state index in [0.717, 1.165) is 6.54 Å². The lowest BCUT2D eigenvalue weighted by atomic mass is 10.2. The summed E-state index contributed by atoms with van der Waals surface area (Å²) < 4.78 is 37.6. The van der Waals surface area contributed by atoms with Gasteiger partial charge >= 0.3 is 3.98 Å². The second kappa shape index (κ2) is 7.71. The highest BCUT2D eigenvalue weighted by Gasteiger charge is 2.01. The minimum absolute atomic E-state index is 0.984. The maximum absolute atomic E-state index is 8.49. The van der Waals surface area contributed by atoms with Crippen LogP contribution >= 0.6 is 22.7 Å². The molecule has 1 aromatic heterocycles. The monoisotopic (exact) mass is 321 g/mol. The molecule has 0 aliphatic rings. The Morgan fingerprint density at radius 1 is 1.00 bits per heavy atom. The van der Waals surface area contributed by atoms with Crippen molar-refractivity contribution in [3.05, 3.63) is 50.6 Å². The Morgan fingerprint density at radius 2 is 1.47 bits per heavy atom. The van der Waals surface area contributed by atoms with Crippen LogP contribution in [-0.2, 0) is 6.54 Å². The molecule has 0 saturated carbocycles. The molecule has 0 unspecified atom stereocenters. The predicted molar refractivity (Wildman–Crippen MR) is 63.5 cm³/mol. The van der Waals surface area contributed by atoms with Crippen molar-refractivity contribution in [3.63, 3.8) is 0 Å². The van der Waals surface area contributed by atoms with E-state index in [1.54, 1.807) is 22.7 Å². The quantitative estimate of drug-likeness (QED) is 0.579. The van der Waals surface area contributed by atoms with E-state index in [1.807, 2.05) is 0 Å². The zero-order valence-corrected chi connectivity index (χ0v) is 12.4. The van der Waals surface area contributed by atoms with Crippen molar-refractivity contribution in [1.82, 2.24) is 4.58 Å². The van der Waals surface area contributed by atoms with E-state index in [0.29, 0.717) is 0 Å². The van der Waals surface area contributed by atoms with Crippen LogP contribution in [0.4, 0.5) is 0 Å². The summed E-state index contributed by atoms with van der Waals surface area (Å²) in [5.74, 6) is 0. The van der Waals surface area contributed by atoms with E-state index in [2.05, 4.69) is 52.7 Å². The summed E-state index contributed by atoms with van der Waals surface area (Å²) in [6, 6.07) is 10.5. The number of hydrogen-bond acceptors (Lipinski definition) is 6. The summed E-state index contributed by atoms with van der Waals surface area (Å²) in [4.78, 5) is 0. The van der Waals surface area contributed by atoms with Gasteiger partial charge in [0.15, 0.2) is 6.54 Å². The van der Waals surface area contributed by atoms with Gasteiger partial charge in [0.05, 0.1) is 0 Å². The summed E-state index contributed by atoms with van der Waals surface area (Å²) in [7, 11) is -2.81. The van der Waals surface area contributed by atoms with Gasteiger partial charge in [-0.15, -0.1) is 10.2 Å². The van der Waals surface area contributed by atoms with E-state index < -0.39 is 10.2 Å². The number of rotatable bonds is 2. The zero-order chi connectivity index (χ0) is 14.3. The van der Waals surface area contributed by atoms with Gasteiger partial charge in [0.1, 0.15) is 7.05 Å². The maximum Gasteiger partial charge on any atom is 0.313 e. The van der Waals surface area contributed by atoms with Gasteiger partial charge in [-0.3, -0.25) is 0 Å². The van der Waals surface area contributed by atoms with Crippen molar-refractivity contribution in [2.45, 2.75) is 6.54 Å². The maximum atomic E-state index is 8.49. The molecule has 104 valence electrons. The highest BCUT2D eigenvalue weighted by Crippen LogP contribution is 1.99. The Bertz CT molecular complexity index is 525. The lowest BCUT2D eigenvalue weighted by Crippen LogP contribution is -2.68. The van der Waals surface area contributed by atoms with Gasteiger partial charge in [-0.1, -0.05) is 53.0 Å².